The number of rotatable bonds is 5. The SMILES string of the molecule is COc1ccc(C(=O)N2CCC2)cc1S(=O)(=O)NC1CC1. The number of hydrogen-bond acceptors (Lipinski definition) is 4. The highest BCUT2D eigenvalue weighted by molar-refractivity contribution is 7.89. The summed E-state index contributed by atoms with van der Waals surface area (Å²) < 4.78 is 32.5. The topological polar surface area (TPSA) is 75.7 Å². The summed E-state index contributed by atoms with van der Waals surface area (Å²) in [4.78, 5) is 13.9. The third-order valence-corrected chi connectivity index (χ3v) is 5.28. The molecule has 0 radical (unpaired) electrons. The van der Waals surface area contributed by atoms with Gasteiger partial charge in [0.25, 0.3) is 5.91 Å². The smallest absolute Gasteiger partial charge is 0.253 e. The number of carbonyl (C=O) groups excluding carboxylic acids is 1. The number of benzene rings is 1. The number of methoxy groups -OCH3 is 1. The van der Waals surface area contributed by atoms with E-state index in [9.17, 15) is 13.2 Å². The molecule has 1 heterocycles. The van der Waals surface area contributed by atoms with Gasteiger partial charge in [0.15, 0.2) is 0 Å². The Kier molecular flexibility index (Phi) is 3.62. The van der Waals surface area contributed by atoms with E-state index in [0.717, 1.165) is 32.4 Å². The standard InChI is InChI=1S/C14H18N2O4S/c1-20-12-6-3-10(14(17)16-7-2-8-16)9-13(12)21(18,19)15-11-4-5-11/h3,6,9,11,15H,2,4-5,7-8H2,1H3. The summed E-state index contributed by atoms with van der Waals surface area (Å²) in [5.41, 5.74) is 0.381. The van der Waals surface area contributed by atoms with Gasteiger partial charge in [-0.25, -0.2) is 13.1 Å². The number of hydrogen-bond donors (Lipinski definition) is 1. The molecule has 1 aliphatic carbocycles. The maximum atomic E-state index is 12.4. The van der Waals surface area contributed by atoms with Gasteiger partial charge < -0.3 is 9.64 Å². The number of amides is 1. The molecule has 2 aliphatic rings. The third kappa shape index (κ3) is 2.89. The van der Waals surface area contributed by atoms with E-state index >= 15 is 0 Å². The molecule has 114 valence electrons. The lowest BCUT2D eigenvalue weighted by atomic mass is 10.1. The Labute approximate surface area is 124 Å². The van der Waals surface area contributed by atoms with E-state index in [1.54, 1.807) is 11.0 Å². The van der Waals surface area contributed by atoms with E-state index in [0.29, 0.717) is 5.56 Å². The first-order chi connectivity index (χ1) is 10.0. The molecule has 2 fully saturated rings. The first kappa shape index (κ1) is 14.3. The van der Waals surface area contributed by atoms with Crippen LogP contribution in [-0.4, -0.2) is 45.5 Å². The molecule has 0 spiro atoms. The number of likely N-dealkylation sites (tertiary alicyclic amines) is 1. The molecular weight excluding hydrogens is 292 g/mol. The Balaban J connectivity index is 1.94. The molecular formula is C14H18N2O4S. The summed E-state index contributed by atoms with van der Waals surface area (Å²) in [6, 6.07) is 4.56. The second-order valence-corrected chi connectivity index (χ2v) is 7.09. The summed E-state index contributed by atoms with van der Waals surface area (Å²) in [5.74, 6) is 0.120. The highest BCUT2D eigenvalue weighted by Crippen LogP contribution is 2.29. The van der Waals surface area contributed by atoms with Crippen molar-refractivity contribution in [2.75, 3.05) is 20.2 Å². The lowest BCUT2D eigenvalue weighted by molar-refractivity contribution is 0.0651. The minimum absolute atomic E-state index is 0.00875. The van der Waals surface area contributed by atoms with Gasteiger partial charge in [0.05, 0.1) is 7.11 Å². The van der Waals surface area contributed by atoms with Gasteiger partial charge in [-0.3, -0.25) is 4.79 Å². The van der Waals surface area contributed by atoms with Crippen molar-refractivity contribution in [1.29, 1.82) is 0 Å². The molecule has 21 heavy (non-hydrogen) atoms. The first-order valence-corrected chi connectivity index (χ1v) is 8.49. The molecule has 1 aromatic rings. The zero-order valence-corrected chi connectivity index (χ0v) is 12.6. The van der Waals surface area contributed by atoms with Crippen LogP contribution in [-0.2, 0) is 10.0 Å². The molecule has 1 aromatic carbocycles. The van der Waals surface area contributed by atoms with Crippen LogP contribution in [0.15, 0.2) is 23.1 Å². The van der Waals surface area contributed by atoms with Crippen molar-refractivity contribution in [2.24, 2.45) is 0 Å². The average Bonchev–Trinajstić information content (AvgIpc) is 3.19. The van der Waals surface area contributed by atoms with Crippen LogP contribution in [0.3, 0.4) is 0 Å². The van der Waals surface area contributed by atoms with Crippen LogP contribution < -0.4 is 9.46 Å². The minimum atomic E-state index is -3.66. The molecule has 3 rings (SSSR count). The second-order valence-electron chi connectivity index (χ2n) is 5.41. The summed E-state index contributed by atoms with van der Waals surface area (Å²) in [7, 11) is -2.24. The third-order valence-electron chi connectivity index (χ3n) is 3.74. The van der Waals surface area contributed by atoms with E-state index in [-0.39, 0.29) is 22.6 Å². The maximum absolute atomic E-state index is 12.4. The van der Waals surface area contributed by atoms with Crippen LogP contribution in [0, 0.1) is 0 Å². The number of sulfonamides is 1. The lowest BCUT2D eigenvalue weighted by Crippen LogP contribution is -2.42. The van der Waals surface area contributed by atoms with E-state index in [1.807, 2.05) is 0 Å². The molecule has 1 N–H and O–H groups in total. The van der Waals surface area contributed by atoms with Crippen LogP contribution >= 0.6 is 0 Å². The van der Waals surface area contributed by atoms with Crippen LogP contribution in [0.25, 0.3) is 0 Å². The van der Waals surface area contributed by atoms with Crippen molar-refractivity contribution >= 4 is 15.9 Å². The fourth-order valence-corrected chi connectivity index (χ4v) is 3.71. The predicted octanol–water partition coefficient (Wildman–Crippen LogP) is 0.982. The molecule has 1 saturated carbocycles. The van der Waals surface area contributed by atoms with E-state index in [2.05, 4.69) is 4.72 Å². The average molecular weight is 310 g/mol. The number of ether oxygens (including phenoxy) is 1. The van der Waals surface area contributed by atoms with E-state index in [1.165, 1.54) is 19.2 Å². The fraction of sp³-hybridized carbons (Fsp3) is 0.500. The molecule has 0 aromatic heterocycles. The van der Waals surface area contributed by atoms with Crippen molar-refractivity contribution in [3.05, 3.63) is 23.8 Å². The zero-order chi connectivity index (χ0) is 15.0. The van der Waals surface area contributed by atoms with Gasteiger partial charge in [-0.1, -0.05) is 0 Å². The molecule has 0 atom stereocenters. The molecule has 6 nitrogen and oxygen atoms in total. The fourth-order valence-electron chi connectivity index (χ4n) is 2.21. The number of carbonyl (C=O) groups is 1. The van der Waals surface area contributed by atoms with Crippen molar-refractivity contribution < 1.29 is 17.9 Å². The Hall–Kier alpha value is -1.60. The minimum Gasteiger partial charge on any atom is -0.495 e. The van der Waals surface area contributed by atoms with Gasteiger partial charge >= 0.3 is 0 Å². The van der Waals surface area contributed by atoms with Gasteiger partial charge in [0, 0.05) is 24.7 Å². The molecule has 1 amide bonds. The number of nitrogens with one attached hydrogen (secondary N) is 1. The van der Waals surface area contributed by atoms with Crippen LogP contribution in [0.1, 0.15) is 29.6 Å². The van der Waals surface area contributed by atoms with Crippen molar-refractivity contribution in [3.8, 4) is 5.75 Å². The molecule has 1 saturated heterocycles. The maximum Gasteiger partial charge on any atom is 0.253 e. The van der Waals surface area contributed by atoms with E-state index in [4.69, 9.17) is 4.74 Å². The summed E-state index contributed by atoms with van der Waals surface area (Å²) >= 11 is 0. The normalized spacial score (nSPS) is 18.2. The highest BCUT2D eigenvalue weighted by Gasteiger charge is 2.31. The lowest BCUT2D eigenvalue weighted by Gasteiger charge is -2.31. The Morgan fingerprint density at radius 2 is 2.05 bits per heavy atom. The summed E-state index contributed by atoms with van der Waals surface area (Å²) in [5, 5.41) is 0. The molecule has 7 heteroatoms. The van der Waals surface area contributed by atoms with Gasteiger partial charge in [-0.15, -0.1) is 0 Å². The number of nitrogens with zero attached hydrogens (tertiary/aromatic N) is 1. The Bertz CT molecular complexity index is 664. The van der Waals surface area contributed by atoms with Crippen molar-refractivity contribution in [1.82, 2.24) is 9.62 Å². The monoisotopic (exact) mass is 310 g/mol. The molecule has 0 bridgehead atoms. The van der Waals surface area contributed by atoms with Crippen LogP contribution in [0.2, 0.25) is 0 Å². The van der Waals surface area contributed by atoms with Gasteiger partial charge in [0.1, 0.15) is 10.6 Å². The second kappa shape index (κ2) is 5.31. The Morgan fingerprint density at radius 3 is 2.57 bits per heavy atom. The van der Waals surface area contributed by atoms with Crippen LogP contribution in [0.5, 0.6) is 5.75 Å². The molecule has 0 unspecified atom stereocenters. The zero-order valence-electron chi connectivity index (χ0n) is 11.8. The van der Waals surface area contributed by atoms with Gasteiger partial charge in [-0.05, 0) is 37.5 Å². The summed E-state index contributed by atoms with van der Waals surface area (Å²) in [6.45, 7) is 1.46. The Morgan fingerprint density at radius 1 is 1.33 bits per heavy atom. The van der Waals surface area contributed by atoms with Crippen LogP contribution in [0.4, 0.5) is 0 Å². The molecule has 1 aliphatic heterocycles. The van der Waals surface area contributed by atoms with Crippen molar-refractivity contribution in [2.45, 2.75) is 30.2 Å². The predicted molar refractivity (Wildman–Crippen MR) is 76.9 cm³/mol. The van der Waals surface area contributed by atoms with Gasteiger partial charge in [-0.2, -0.15) is 0 Å². The van der Waals surface area contributed by atoms with E-state index < -0.39 is 10.0 Å². The summed E-state index contributed by atoms with van der Waals surface area (Å²) in [6.07, 6.45) is 2.71. The van der Waals surface area contributed by atoms with Gasteiger partial charge in [0.2, 0.25) is 10.0 Å². The quantitative estimate of drug-likeness (QED) is 0.880. The van der Waals surface area contributed by atoms with Crippen molar-refractivity contribution in [3.63, 3.8) is 0 Å². The first-order valence-electron chi connectivity index (χ1n) is 7.01. The largest absolute Gasteiger partial charge is 0.495 e. The highest BCUT2D eigenvalue weighted by atomic mass is 32.2.